The summed E-state index contributed by atoms with van der Waals surface area (Å²) in [7, 11) is 0. The SMILES string of the molecule is Cc1ccccc1C(=O)N1[C@H](C(=O)NC[C@@H]2CCCO2)COC12CCN(C(=O)c1cccc(F)c1)CC2. The number of hydrogen-bond donors (Lipinski definition) is 1. The standard InChI is InChI=1S/C28H32FN3O5/c1-19-6-2-3-10-23(19)27(35)32-24(25(33)30-17-22-9-5-15-36-22)18-37-28(32)11-13-31(14-12-28)26(34)20-7-4-8-21(29)16-20/h2-4,6-8,10,16,22,24H,5,9,11-15,17-18H2,1H3,(H,30,33)/t22-,24-/m0/s1. The monoisotopic (exact) mass is 509 g/mol. The number of amides is 3. The van der Waals surface area contributed by atoms with Gasteiger partial charge in [-0.3, -0.25) is 19.3 Å². The third-order valence-electron chi connectivity index (χ3n) is 7.59. The molecule has 0 aliphatic carbocycles. The number of ether oxygens (including phenoxy) is 2. The van der Waals surface area contributed by atoms with E-state index in [0.717, 1.165) is 18.4 Å². The van der Waals surface area contributed by atoms with E-state index in [2.05, 4.69) is 5.32 Å². The molecule has 2 atom stereocenters. The van der Waals surface area contributed by atoms with Crippen LogP contribution in [-0.2, 0) is 14.3 Å². The maximum atomic E-state index is 13.9. The van der Waals surface area contributed by atoms with Gasteiger partial charge in [0, 0.05) is 50.2 Å². The number of rotatable bonds is 5. The number of hydrogen-bond acceptors (Lipinski definition) is 5. The Morgan fingerprint density at radius 1 is 1.08 bits per heavy atom. The second kappa shape index (κ2) is 10.6. The highest BCUT2D eigenvalue weighted by Crippen LogP contribution is 2.39. The number of halogens is 1. The second-order valence-electron chi connectivity index (χ2n) is 9.95. The molecule has 37 heavy (non-hydrogen) atoms. The fraction of sp³-hybridized carbons (Fsp3) is 0.464. The number of carbonyl (C=O) groups is 3. The van der Waals surface area contributed by atoms with Crippen LogP contribution in [0.1, 0.15) is 52.0 Å². The van der Waals surface area contributed by atoms with Gasteiger partial charge in [-0.25, -0.2) is 4.39 Å². The molecule has 0 saturated carbocycles. The normalized spacial score (nSPS) is 22.9. The molecule has 1 N–H and O–H groups in total. The van der Waals surface area contributed by atoms with Crippen LogP contribution in [0.25, 0.3) is 0 Å². The molecule has 3 amide bonds. The van der Waals surface area contributed by atoms with E-state index in [4.69, 9.17) is 9.47 Å². The van der Waals surface area contributed by atoms with Crippen LogP contribution < -0.4 is 5.32 Å². The molecule has 9 heteroatoms. The number of likely N-dealkylation sites (tertiary alicyclic amines) is 1. The summed E-state index contributed by atoms with van der Waals surface area (Å²) >= 11 is 0. The molecule has 3 aliphatic heterocycles. The van der Waals surface area contributed by atoms with E-state index in [1.54, 1.807) is 28.0 Å². The molecule has 8 nitrogen and oxygen atoms in total. The topological polar surface area (TPSA) is 88.2 Å². The molecule has 3 fully saturated rings. The molecule has 0 radical (unpaired) electrons. The van der Waals surface area contributed by atoms with Gasteiger partial charge in [-0.15, -0.1) is 0 Å². The van der Waals surface area contributed by atoms with E-state index < -0.39 is 17.6 Å². The van der Waals surface area contributed by atoms with Crippen molar-refractivity contribution in [1.82, 2.24) is 15.1 Å². The molecule has 5 rings (SSSR count). The molecule has 0 aromatic heterocycles. The molecular weight excluding hydrogens is 477 g/mol. The van der Waals surface area contributed by atoms with E-state index in [1.165, 1.54) is 18.2 Å². The van der Waals surface area contributed by atoms with E-state index in [0.29, 0.717) is 44.6 Å². The highest BCUT2D eigenvalue weighted by molar-refractivity contribution is 5.99. The Bertz CT molecular complexity index is 1170. The lowest BCUT2D eigenvalue weighted by Gasteiger charge is -2.44. The Labute approximate surface area is 215 Å². The third-order valence-corrected chi connectivity index (χ3v) is 7.59. The first-order valence-electron chi connectivity index (χ1n) is 12.9. The number of benzene rings is 2. The summed E-state index contributed by atoms with van der Waals surface area (Å²) in [6.07, 6.45) is 2.55. The first kappa shape index (κ1) is 25.4. The summed E-state index contributed by atoms with van der Waals surface area (Å²) in [6, 6.07) is 12.1. The minimum absolute atomic E-state index is 0.0159. The van der Waals surface area contributed by atoms with Crippen molar-refractivity contribution in [1.29, 1.82) is 0 Å². The third kappa shape index (κ3) is 5.10. The van der Waals surface area contributed by atoms with E-state index in [-0.39, 0.29) is 36.0 Å². The molecule has 2 aromatic rings. The van der Waals surface area contributed by atoms with Gasteiger partial charge in [-0.05, 0) is 49.6 Å². The lowest BCUT2D eigenvalue weighted by Crippen LogP contribution is -2.60. The summed E-state index contributed by atoms with van der Waals surface area (Å²) in [5.41, 5.74) is 0.598. The van der Waals surface area contributed by atoms with Gasteiger partial charge >= 0.3 is 0 Å². The number of aryl methyl sites for hydroxylation is 1. The van der Waals surface area contributed by atoms with Crippen LogP contribution in [-0.4, -0.2) is 78.2 Å². The van der Waals surface area contributed by atoms with Crippen molar-refractivity contribution in [3.05, 3.63) is 71.0 Å². The molecule has 196 valence electrons. The maximum Gasteiger partial charge on any atom is 0.257 e. The lowest BCUT2D eigenvalue weighted by atomic mass is 9.95. The zero-order chi connectivity index (χ0) is 26.0. The maximum absolute atomic E-state index is 13.9. The highest BCUT2D eigenvalue weighted by Gasteiger charge is 2.54. The van der Waals surface area contributed by atoms with E-state index in [1.807, 2.05) is 19.1 Å². The first-order chi connectivity index (χ1) is 17.9. The van der Waals surface area contributed by atoms with Crippen molar-refractivity contribution in [2.45, 2.75) is 50.5 Å². The Kier molecular flexibility index (Phi) is 7.26. The zero-order valence-corrected chi connectivity index (χ0v) is 21.0. The predicted molar refractivity (Wildman–Crippen MR) is 133 cm³/mol. The van der Waals surface area contributed by atoms with Gasteiger partial charge < -0.3 is 19.7 Å². The summed E-state index contributed by atoms with van der Waals surface area (Å²) in [5, 5.41) is 2.96. The van der Waals surface area contributed by atoms with E-state index in [9.17, 15) is 18.8 Å². The van der Waals surface area contributed by atoms with Crippen molar-refractivity contribution in [3.8, 4) is 0 Å². The molecule has 2 aromatic carbocycles. The van der Waals surface area contributed by atoms with Gasteiger partial charge in [-0.2, -0.15) is 0 Å². The van der Waals surface area contributed by atoms with Crippen LogP contribution >= 0.6 is 0 Å². The minimum Gasteiger partial charge on any atom is -0.376 e. The van der Waals surface area contributed by atoms with Crippen LogP contribution in [0.3, 0.4) is 0 Å². The van der Waals surface area contributed by atoms with Crippen LogP contribution in [0.2, 0.25) is 0 Å². The van der Waals surface area contributed by atoms with Gasteiger partial charge in [0.15, 0.2) is 0 Å². The second-order valence-corrected chi connectivity index (χ2v) is 9.95. The fourth-order valence-corrected chi connectivity index (χ4v) is 5.51. The first-order valence-corrected chi connectivity index (χ1v) is 12.9. The Hall–Kier alpha value is -3.30. The summed E-state index contributed by atoms with van der Waals surface area (Å²) < 4.78 is 25.5. The quantitative estimate of drug-likeness (QED) is 0.670. The number of piperidine rings is 1. The van der Waals surface area contributed by atoms with Crippen molar-refractivity contribution in [2.75, 3.05) is 32.8 Å². The number of nitrogens with zero attached hydrogens (tertiary/aromatic N) is 2. The Morgan fingerprint density at radius 3 is 2.57 bits per heavy atom. The van der Waals surface area contributed by atoms with Gasteiger partial charge in [0.1, 0.15) is 17.6 Å². The van der Waals surface area contributed by atoms with Crippen LogP contribution in [0.4, 0.5) is 4.39 Å². The molecule has 3 aliphatic rings. The molecule has 3 heterocycles. The molecule has 1 spiro atoms. The number of carbonyl (C=O) groups excluding carboxylic acids is 3. The molecular formula is C28H32FN3O5. The summed E-state index contributed by atoms with van der Waals surface area (Å²) in [5.74, 6) is -1.27. The van der Waals surface area contributed by atoms with Crippen molar-refractivity contribution < 1.29 is 28.2 Å². The smallest absolute Gasteiger partial charge is 0.257 e. The van der Waals surface area contributed by atoms with Crippen molar-refractivity contribution in [3.63, 3.8) is 0 Å². The van der Waals surface area contributed by atoms with Crippen molar-refractivity contribution in [2.24, 2.45) is 0 Å². The van der Waals surface area contributed by atoms with Gasteiger partial charge in [0.05, 0.1) is 12.7 Å². The summed E-state index contributed by atoms with van der Waals surface area (Å²) in [6.45, 7) is 3.66. The molecule has 3 saturated heterocycles. The van der Waals surface area contributed by atoms with Gasteiger partial charge in [0.25, 0.3) is 11.8 Å². The van der Waals surface area contributed by atoms with E-state index >= 15 is 0 Å². The predicted octanol–water partition coefficient (Wildman–Crippen LogP) is 2.90. The average molecular weight is 510 g/mol. The van der Waals surface area contributed by atoms with Crippen molar-refractivity contribution >= 4 is 17.7 Å². The highest BCUT2D eigenvalue weighted by atomic mass is 19.1. The minimum atomic E-state index is -1.01. The molecule has 0 unspecified atom stereocenters. The average Bonchev–Trinajstić information content (AvgIpc) is 3.56. The van der Waals surface area contributed by atoms with Gasteiger partial charge in [-0.1, -0.05) is 24.3 Å². The Balaban J connectivity index is 1.36. The van der Waals surface area contributed by atoms with Crippen LogP contribution in [0.5, 0.6) is 0 Å². The van der Waals surface area contributed by atoms with Crippen LogP contribution in [0, 0.1) is 12.7 Å². The van der Waals surface area contributed by atoms with Gasteiger partial charge in [0.2, 0.25) is 5.91 Å². The fourth-order valence-electron chi connectivity index (χ4n) is 5.51. The lowest BCUT2D eigenvalue weighted by molar-refractivity contribution is -0.128. The number of nitrogens with one attached hydrogen (secondary N) is 1. The summed E-state index contributed by atoms with van der Waals surface area (Å²) in [4.78, 5) is 43.4. The largest absolute Gasteiger partial charge is 0.376 e. The molecule has 0 bridgehead atoms. The van der Waals surface area contributed by atoms with Crippen LogP contribution in [0.15, 0.2) is 48.5 Å². The Morgan fingerprint density at radius 2 is 1.86 bits per heavy atom. The zero-order valence-electron chi connectivity index (χ0n) is 21.0.